The van der Waals surface area contributed by atoms with E-state index in [0.29, 0.717) is 25.9 Å². The van der Waals surface area contributed by atoms with Crippen LogP contribution in [-0.2, 0) is 9.59 Å². The first-order valence-electron chi connectivity index (χ1n) is 8.83. The predicted octanol–water partition coefficient (Wildman–Crippen LogP) is 1.84. The molecular weight excluding hydrogens is 324 g/mol. The molecule has 3 rings (SSSR count). The molecule has 1 aromatic heterocycles. The maximum absolute atomic E-state index is 13.1. The van der Waals surface area contributed by atoms with Gasteiger partial charge in [-0.05, 0) is 43.7 Å². The minimum atomic E-state index is -0.864. The Morgan fingerprint density at radius 3 is 2.72 bits per heavy atom. The number of carboxylic acid groups (broad SMARTS) is 1. The molecule has 0 aliphatic carbocycles. The highest BCUT2D eigenvalue weighted by molar-refractivity contribution is 5.95. The molecule has 0 saturated carbocycles. The van der Waals surface area contributed by atoms with Crippen molar-refractivity contribution in [3.63, 3.8) is 0 Å². The number of amides is 2. The number of carbonyl (C=O) groups excluding carboxylic acids is 2. The Kier molecular flexibility index (Phi) is 5.11. The zero-order chi connectivity index (χ0) is 18.0. The highest BCUT2D eigenvalue weighted by Crippen LogP contribution is 2.26. The van der Waals surface area contributed by atoms with Crippen LogP contribution in [0, 0.1) is 11.8 Å². The largest absolute Gasteiger partial charge is 0.481 e. The quantitative estimate of drug-likeness (QED) is 0.900. The van der Waals surface area contributed by atoms with Gasteiger partial charge in [0.2, 0.25) is 5.91 Å². The first-order valence-corrected chi connectivity index (χ1v) is 8.83. The van der Waals surface area contributed by atoms with Crippen molar-refractivity contribution in [3.8, 4) is 0 Å². The van der Waals surface area contributed by atoms with Crippen LogP contribution in [0.25, 0.3) is 0 Å². The summed E-state index contributed by atoms with van der Waals surface area (Å²) in [5, 5.41) is 9.32. The van der Waals surface area contributed by atoms with Crippen LogP contribution in [0.2, 0.25) is 0 Å². The second-order valence-electron chi connectivity index (χ2n) is 7.11. The standard InChI is InChI=1S/C18H24N2O5/c1-12-9-13(18(23)24)11-19(10-12)16(21)14-5-2-3-7-20(14)17(22)15-6-4-8-25-15/h4,6,8,12-14H,2-3,5,7,9-11H2,1H3,(H,23,24). The van der Waals surface area contributed by atoms with E-state index in [9.17, 15) is 19.5 Å². The van der Waals surface area contributed by atoms with Crippen LogP contribution in [0.3, 0.4) is 0 Å². The molecule has 0 radical (unpaired) electrons. The van der Waals surface area contributed by atoms with Crippen LogP contribution in [0.5, 0.6) is 0 Å². The van der Waals surface area contributed by atoms with Gasteiger partial charge in [-0.2, -0.15) is 0 Å². The van der Waals surface area contributed by atoms with Gasteiger partial charge in [-0.3, -0.25) is 14.4 Å². The van der Waals surface area contributed by atoms with Gasteiger partial charge in [0.15, 0.2) is 5.76 Å². The lowest BCUT2D eigenvalue weighted by atomic mass is 9.89. The number of hydrogen-bond donors (Lipinski definition) is 1. The monoisotopic (exact) mass is 348 g/mol. The van der Waals surface area contributed by atoms with Gasteiger partial charge < -0.3 is 19.3 Å². The summed E-state index contributed by atoms with van der Waals surface area (Å²) in [4.78, 5) is 40.3. The van der Waals surface area contributed by atoms with Crippen molar-refractivity contribution < 1.29 is 23.9 Å². The topological polar surface area (TPSA) is 91.1 Å². The summed E-state index contributed by atoms with van der Waals surface area (Å²) in [5.41, 5.74) is 0. The third-order valence-electron chi connectivity index (χ3n) is 5.10. The van der Waals surface area contributed by atoms with Crippen molar-refractivity contribution in [2.24, 2.45) is 11.8 Å². The molecule has 25 heavy (non-hydrogen) atoms. The highest BCUT2D eigenvalue weighted by Gasteiger charge is 2.39. The smallest absolute Gasteiger partial charge is 0.308 e. The van der Waals surface area contributed by atoms with E-state index in [2.05, 4.69) is 0 Å². The lowest BCUT2D eigenvalue weighted by Gasteiger charge is -2.41. The molecule has 7 nitrogen and oxygen atoms in total. The number of rotatable bonds is 3. The van der Waals surface area contributed by atoms with Gasteiger partial charge in [0.05, 0.1) is 12.2 Å². The molecule has 2 aliphatic heterocycles. The molecule has 0 aromatic carbocycles. The van der Waals surface area contributed by atoms with Crippen molar-refractivity contribution in [1.82, 2.24) is 9.80 Å². The fourth-order valence-corrected chi connectivity index (χ4v) is 3.89. The fourth-order valence-electron chi connectivity index (χ4n) is 3.89. The molecule has 3 heterocycles. The van der Waals surface area contributed by atoms with Gasteiger partial charge in [0.25, 0.3) is 5.91 Å². The number of furan rings is 1. The molecule has 2 aliphatic rings. The zero-order valence-corrected chi connectivity index (χ0v) is 14.4. The molecule has 0 spiro atoms. The number of hydrogen-bond acceptors (Lipinski definition) is 4. The minimum Gasteiger partial charge on any atom is -0.481 e. The van der Waals surface area contributed by atoms with Crippen LogP contribution >= 0.6 is 0 Å². The Morgan fingerprint density at radius 2 is 2.04 bits per heavy atom. The van der Waals surface area contributed by atoms with Crippen LogP contribution < -0.4 is 0 Å². The summed E-state index contributed by atoms with van der Waals surface area (Å²) in [5.74, 6) is -1.45. The highest BCUT2D eigenvalue weighted by atomic mass is 16.4. The second-order valence-corrected chi connectivity index (χ2v) is 7.11. The Morgan fingerprint density at radius 1 is 1.24 bits per heavy atom. The number of carbonyl (C=O) groups is 3. The van der Waals surface area contributed by atoms with Crippen molar-refractivity contribution in [2.75, 3.05) is 19.6 Å². The summed E-state index contributed by atoms with van der Waals surface area (Å²) in [6.45, 7) is 3.24. The predicted molar refractivity (Wildman–Crippen MR) is 88.9 cm³/mol. The third kappa shape index (κ3) is 3.70. The minimum absolute atomic E-state index is 0.136. The van der Waals surface area contributed by atoms with E-state index in [1.807, 2.05) is 6.92 Å². The zero-order valence-electron chi connectivity index (χ0n) is 14.4. The Hall–Kier alpha value is -2.31. The maximum Gasteiger partial charge on any atom is 0.308 e. The molecule has 136 valence electrons. The normalized spacial score (nSPS) is 27.2. The maximum atomic E-state index is 13.1. The van der Waals surface area contributed by atoms with E-state index >= 15 is 0 Å². The molecule has 0 bridgehead atoms. The first-order chi connectivity index (χ1) is 12.0. The molecule has 1 aromatic rings. The van der Waals surface area contributed by atoms with Gasteiger partial charge in [0.1, 0.15) is 6.04 Å². The molecule has 7 heteroatoms. The number of nitrogens with zero attached hydrogens (tertiary/aromatic N) is 2. The van der Waals surface area contributed by atoms with E-state index in [1.54, 1.807) is 21.9 Å². The second kappa shape index (κ2) is 7.29. The molecule has 2 amide bonds. The molecule has 1 N–H and O–H groups in total. The average Bonchev–Trinajstić information content (AvgIpc) is 3.14. The third-order valence-corrected chi connectivity index (χ3v) is 5.10. The average molecular weight is 348 g/mol. The molecule has 3 unspecified atom stereocenters. The lowest BCUT2D eigenvalue weighted by Crippen LogP contribution is -2.56. The van der Waals surface area contributed by atoms with E-state index in [0.717, 1.165) is 12.8 Å². The van der Waals surface area contributed by atoms with Gasteiger partial charge in [-0.25, -0.2) is 0 Å². The van der Waals surface area contributed by atoms with Gasteiger partial charge in [-0.1, -0.05) is 6.92 Å². The van der Waals surface area contributed by atoms with Crippen molar-refractivity contribution in [3.05, 3.63) is 24.2 Å². The summed E-state index contributed by atoms with van der Waals surface area (Å²) < 4.78 is 5.19. The van der Waals surface area contributed by atoms with Crippen LogP contribution in [0.15, 0.2) is 22.8 Å². The number of carboxylic acids is 1. The number of aliphatic carboxylic acids is 1. The molecule has 2 fully saturated rings. The summed E-state index contributed by atoms with van der Waals surface area (Å²) >= 11 is 0. The Bertz CT molecular complexity index is 642. The van der Waals surface area contributed by atoms with Gasteiger partial charge in [0, 0.05) is 19.6 Å². The summed E-state index contributed by atoms with van der Waals surface area (Å²) in [6.07, 6.45) is 4.36. The van der Waals surface area contributed by atoms with Crippen molar-refractivity contribution in [1.29, 1.82) is 0 Å². The van der Waals surface area contributed by atoms with E-state index in [1.165, 1.54) is 6.26 Å². The van der Waals surface area contributed by atoms with Crippen LogP contribution in [0.4, 0.5) is 0 Å². The van der Waals surface area contributed by atoms with Crippen molar-refractivity contribution in [2.45, 2.75) is 38.6 Å². The molecular formula is C18H24N2O5. The molecule has 2 saturated heterocycles. The first kappa shape index (κ1) is 17.5. The number of likely N-dealkylation sites (tertiary alicyclic amines) is 2. The van der Waals surface area contributed by atoms with Gasteiger partial charge >= 0.3 is 5.97 Å². The Labute approximate surface area is 146 Å². The lowest BCUT2D eigenvalue weighted by molar-refractivity contribution is -0.148. The van der Waals surface area contributed by atoms with Crippen LogP contribution in [0.1, 0.15) is 43.2 Å². The summed E-state index contributed by atoms with van der Waals surface area (Å²) in [7, 11) is 0. The molecule has 3 atom stereocenters. The van der Waals surface area contributed by atoms with Crippen LogP contribution in [-0.4, -0.2) is 58.4 Å². The summed E-state index contributed by atoms with van der Waals surface area (Å²) in [6, 6.07) is 2.71. The van der Waals surface area contributed by atoms with Crippen molar-refractivity contribution >= 4 is 17.8 Å². The van der Waals surface area contributed by atoms with Gasteiger partial charge in [-0.15, -0.1) is 0 Å². The van der Waals surface area contributed by atoms with E-state index in [-0.39, 0.29) is 30.0 Å². The number of piperidine rings is 2. The van der Waals surface area contributed by atoms with E-state index in [4.69, 9.17) is 4.42 Å². The fraction of sp³-hybridized carbons (Fsp3) is 0.611. The Balaban J connectivity index is 1.76. The van der Waals surface area contributed by atoms with E-state index < -0.39 is 17.9 Å². The SMILES string of the molecule is CC1CC(C(=O)O)CN(C(=O)C2CCCCN2C(=O)c2ccco2)C1.